The van der Waals surface area contributed by atoms with Gasteiger partial charge >= 0.3 is 0 Å². The van der Waals surface area contributed by atoms with Crippen LogP contribution < -0.4 is 5.32 Å². The molecule has 1 spiro atoms. The first-order chi connectivity index (χ1) is 9.80. The van der Waals surface area contributed by atoms with Gasteiger partial charge in [-0.25, -0.2) is 0 Å². The van der Waals surface area contributed by atoms with Crippen molar-refractivity contribution in [2.75, 3.05) is 11.9 Å². The van der Waals surface area contributed by atoms with Crippen molar-refractivity contribution in [2.24, 2.45) is 0 Å². The zero-order valence-electron chi connectivity index (χ0n) is 11.9. The molecule has 0 radical (unpaired) electrons. The molecule has 1 N–H and O–H groups in total. The minimum atomic E-state index is 0.163. The first-order valence-electron chi connectivity index (χ1n) is 7.66. The number of benzene rings is 1. The fourth-order valence-electron chi connectivity index (χ4n) is 3.56. The van der Waals surface area contributed by atoms with Crippen molar-refractivity contribution in [1.29, 1.82) is 5.26 Å². The van der Waals surface area contributed by atoms with Crippen molar-refractivity contribution in [2.45, 2.75) is 56.6 Å². The minimum absolute atomic E-state index is 0.163. The van der Waals surface area contributed by atoms with Crippen LogP contribution in [0, 0.1) is 11.3 Å². The summed E-state index contributed by atoms with van der Waals surface area (Å²) in [6.07, 6.45) is 7.79. The Morgan fingerprint density at radius 2 is 2.00 bits per heavy atom. The monoisotopic (exact) mass is 270 g/mol. The molecule has 3 rings (SSSR count). The number of anilines is 1. The Balaban J connectivity index is 1.61. The lowest BCUT2D eigenvalue weighted by molar-refractivity contribution is -0.0767. The quantitative estimate of drug-likeness (QED) is 0.911. The summed E-state index contributed by atoms with van der Waals surface area (Å²) in [7, 11) is 0. The molecule has 1 atom stereocenters. The Morgan fingerprint density at radius 3 is 2.70 bits per heavy atom. The van der Waals surface area contributed by atoms with Crippen LogP contribution in [0.3, 0.4) is 0 Å². The maximum atomic E-state index is 8.69. The highest BCUT2D eigenvalue weighted by Gasteiger charge is 2.39. The molecule has 1 heterocycles. The maximum absolute atomic E-state index is 8.69. The smallest absolute Gasteiger partial charge is 0.0702 e. The van der Waals surface area contributed by atoms with Crippen molar-refractivity contribution in [3.8, 4) is 6.07 Å². The van der Waals surface area contributed by atoms with Gasteiger partial charge in [-0.15, -0.1) is 0 Å². The standard InChI is InChI=1S/C17H22N2O/c18-11-7-14-3-5-15(6-4-14)19-16-8-12-20-17(13-16)9-1-2-10-17/h3-6,16,19H,1-2,7-10,12-13H2. The fourth-order valence-corrected chi connectivity index (χ4v) is 3.56. The predicted octanol–water partition coefficient (Wildman–Crippen LogP) is 3.66. The first-order valence-corrected chi connectivity index (χ1v) is 7.66. The van der Waals surface area contributed by atoms with Gasteiger partial charge < -0.3 is 10.1 Å². The van der Waals surface area contributed by atoms with Crippen LogP contribution in [-0.4, -0.2) is 18.2 Å². The summed E-state index contributed by atoms with van der Waals surface area (Å²) in [5, 5.41) is 12.3. The molecule has 1 saturated carbocycles. The molecule has 3 heteroatoms. The van der Waals surface area contributed by atoms with E-state index in [1.165, 1.54) is 25.7 Å². The Morgan fingerprint density at radius 1 is 1.25 bits per heavy atom. The van der Waals surface area contributed by atoms with E-state index in [-0.39, 0.29) is 5.60 Å². The number of nitrogens with one attached hydrogen (secondary N) is 1. The Bertz CT molecular complexity index is 483. The van der Waals surface area contributed by atoms with E-state index in [2.05, 4.69) is 23.5 Å². The molecule has 0 amide bonds. The summed E-state index contributed by atoms with van der Waals surface area (Å²) in [4.78, 5) is 0. The third-order valence-electron chi connectivity index (χ3n) is 4.62. The van der Waals surface area contributed by atoms with Crippen molar-refractivity contribution in [1.82, 2.24) is 0 Å². The van der Waals surface area contributed by atoms with Crippen molar-refractivity contribution in [3.05, 3.63) is 29.8 Å². The minimum Gasteiger partial charge on any atom is -0.382 e. The topological polar surface area (TPSA) is 45.0 Å². The normalized spacial score (nSPS) is 24.4. The molecule has 1 unspecified atom stereocenters. The van der Waals surface area contributed by atoms with Gasteiger partial charge in [-0.05, 0) is 43.4 Å². The Hall–Kier alpha value is -1.53. The molecule has 106 valence electrons. The van der Waals surface area contributed by atoms with Gasteiger partial charge in [0.2, 0.25) is 0 Å². The van der Waals surface area contributed by atoms with Gasteiger partial charge in [0.1, 0.15) is 0 Å². The average Bonchev–Trinajstić information content (AvgIpc) is 2.89. The fraction of sp³-hybridized carbons (Fsp3) is 0.588. The summed E-state index contributed by atoms with van der Waals surface area (Å²) >= 11 is 0. The van der Waals surface area contributed by atoms with Crippen LogP contribution in [0.15, 0.2) is 24.3 Å². The van der Waals surface area contributed by atoms with E-state index in [9.17, 15) is 0 Å². The number of ether oxygens (including phenoxy) is 1. The number of hydrogen-bond acceptors (Lipinski definition) is 3. The SMILES string of the molecule is N#CCc1ccc(NC2CCOC3(CCCC3)C2)cc1. The molecule has 20 heavy (non-hydrogen) atoms. The van der Waals surface area contributed by atoms with Gasteiger partial charge in [0.15, 0.2) is 0 Å². The van der Waals surface area contributed by atoms with Gasteiger partial charge in [-0.3, -0.25) is 0 Å². The molecular weight excluding hydrogens is 248 g/mol. The van der Waals surface area contributed by atoms with Crippen LogP contribution >= 0.6 is 0 Å². The number of hydrogen-bond donors (Lipinski definition) is 1. The molecule has 1 aliphatic heterocycles. The molecular formula is C17H22N2O. The molecule has 1 aromatic carbocycles. The lowest BCUT2D eigenvalue weighted by Gasteiger charge is -2.39. The molecule has 0 bridgehead atoms. The maximum Gasteiger partial charge on any atom is 0.0702 e. The lowest BCUT2D eigenvalue weighted by atomic mass is 9.89. The Kier molecular flexibility index (Phi) is 3.93. The molecule has 3 nitrogen and oxygen atoms in total. The van der Waals surface area contributed by atoms with E-state index < -0.39 is 0 Å². The van der Waals surface area contributed by atoms with E-state index in [1.807, 2.05) is 12.1 Å². The number of nitrogens with zero attached hydrogens (tertiary/aromatic N) is 1. The average molecular weight is 270 g/mol. The highest BCUT2D eigenvalue weighted by Crippen LogP contribution is 2.40. The van der Waals surface area contributed by atoms with Crippen LogP contribution in [0.2, 0.25) is 0 Å². The van der Waals surface area contributed by atoms with Crippen molar-refractivity contribution in [3.63, 3.8) is 0 Å². The third-order valence-corrected chi connectivity index (χ3v) is 4.62. The first kappa shape index (κ1) is 13.5. The number of rotatable bonds is 3. The van der Waals surface area contributed by atoms with E-state index in [0.717, 1.165) is 30.7 Å². The summed E-state index contributed by atoms with van der Waals surface area (Å²) in [6, 6.07) is 10.9. The van der Waals surface area contributed by atoms with E-state index in [4.69, 9.17) is 10.00 Å². The predicted molar refractivity (Wildman–Crippen MR) is 79.6 cm³/mol. The zero-order valence-corrected chi connectivity index (χ0v) is 11.9. The second-order valence-corrected chi connectivity index (χ2v) is 6.10. The van der Waals surface area contributed by atoms with E-state index in [1.54, 1.807) is 0 Å². The molecule has 1 saturated heterocycles. The van der Waals surface area contributed by atoms with E-state index in [0.29, 0.717) is 12.5 Å². The molecule has 2 aliphatic rings. The molecule has 1 aliphatic carbocycles. The highest BCUT2D eigenvalue weighted by atomic mass is 16.5. The van der Waals surface area contributed by atoms with Crippen LogP contribution in [0.4, 0.5) is 5.69 Å². The van der Waals surface area contributed by atoms with Gasteiger partial charge in [0, 0.05) is 18.3 Å². The van der Waals surface area contributed by atoms with Crippen LogP contribution in [0.25, 0.3) is 0 Å². The molecule has 1 aromatic rings. The second kappa shape index (κ2) is 5.85. The van der Waals surface area contributed by atoms with Gasteiger partial charge in [0.25, 0.3) is 0 Å². The summed E-state index contributed by atoms with van der Waals surface area (Å²) in [5.41, 5.74) is 2.40. The van der Waals surface area contributed by atoms with Crippen LogP contribution in [0.1, 0.15) is 44.1 Å². The second-order valence-electron chi connectivity index (χ2n) is 6.10. The van der Waals surface area contributed by atoms with Gasteiger partial charge in [0.05, 0.1) is 18.1 Å². The highest BCUT2D eigenvalue weighted by molar-refractivity contribution is 5.46. The zero-order chi connectivity index (χ0) is 13.8. The van der Waals surface area contributed by atoms with Crippen LogP contribution in [0.5, 0.6) is 0 Å². The largest absolute Gasteiger partial charge is 0.382 e. The summed E-state index contributed by atoms with van der Waals surface area (Å²) in [5.74, 6) is 0. The van der Waals surface area contributed by atoms with Gasteiger partial charge in [-0.2, -0.15) is 5.26 Å². The third kappa shape index (κ3) is 2.96. The summed E-state index contributed by atoms with van der Waals surface area (Å²) < 4.78 is 6.07. The Labute approximate surface area is 120 Å². The van der Waals surface area contributed by atoms with E-state index >= 15 is 0 Å². The summed E-state index contributed by atoms with van der Waals surface area (Å²) in [6.45, 7) is 0.879. The van der Waals surface area contributed by atoms with Crippen LogP contribution in [-0.2, 0) is 11.2 Å². The van der Waals surface area contributed by atoms with Crippen molar-refractivity contribution >= 4 is 5.69 Å². The van der Waals surface area contributed by atoms with Crippen molar-refractivity contribution < 1.29 is 4.74 Å². The lowest BCUT2D eigenvalue weighted by Crippen LogP contribution is -2.42. The molecule has 0 aromatic heterocycles. The molecule has 2 fully saturated rings. The number of nitriles is 1. The van der Waals surface area contributed by atoms with Gasteiger partial charge in [-0.1, -0.05) is 25.0 Å².